The van der Waals surface area contributed by atoms with Gasteiger partial charge in [-0.3, -0.25) is 5.32 Å². The summed E-state index contributed by atoms with van der Waals surface area (Å²) in [4.78, 5) is 32.5. The SMILES string of the molecule is COC(=O)[C@H](Cc1cn(Cc2ccccc2)cn1)[NH2+]C(=O)C1CCN(c2cccc(Oc3ccc(F)cc3)c2)CC1. The van der Waals surface area contributed by atoms with Gasteiger partial charge in [0.1, 0.15) is 17.3 Å². The number of carbonyl (C=O) groups excluding carboxylic acids is 2. The fourth-order valence-electron chi connectivity index (χ4n) is 5.12. The zero-order valence-corrected chi connectivity index (χ0v) is 23.0. The Morgan fingerprint density at radius 3 is 2.49 bits per heavy atom. The number of benzene rings is 3. The molecule has 212 valence electrons. The number of nitrogens with zero attached hydrogens (tertiary/aromatic N) is 3. The van der Waals surface area contributed by atoms with E-state index in [1.807, 2.05) is 65.4 Å². The van der Waals surface area contributed by atoms with Gasteiger partial charge >= 0.3 is 11.9 Å². The van der Waals surface area contributed by atoms with Crippen molar-refractivity contribution in [3.8, 4) is 11.5 Å². The predicted octanol–water partition coefficient (Wildman–Crippen LogP) is 3.95. The van der Waals surface area contributed by atoms with Crippen LogP contribution in [0.4, 0.5) is 10.1 Å². The summed E-state index contributed by atoms with van der Waals surface area (Å²) in [5.41, 5.74) is 2.89. The molecule has 0 aliphatic carbocycles. The van der Waals surface area contributed by atoms with Crippen LogP contribution in [0.25, 0.3) is 0 Å². The van der Waals surface area contributed by atoms with Crippen molar-refractivity contribution in [2.24, 2.45) is 5.92 Å². The molecule has 5 rings (SSSR count). The molecule has 0 bridgehead atoms. The summed E-state index contributed by atoms with van der Waals surface area (Å²) >= 11 is 0. The van der Waals surface area contributed by atoms with E-state index >= 15 is 0 Å². The lowest BCUT2D eigenvalue weighted by molar-refractivity contribution is -0.597. The van der Waals surface area contributed by atoms with E-state index in [0.29, 0.717) is 50.4 Å². The number of amides is 1. The Hall–Kier alpha value is -4.50. The van der Waals surface area contributed by atoms with Crippen molar-refractivity contribution in [1.29, 1.82) is 0 Å². The van der Waals surface area contributed by atoms with E-state index in [1.165, 1.54) is 24.6 Å². The third kappa shape index (κ3) is 7.58. The summed E-state index contributed by atoms with van der Waals surface area (Å²) in [5.74, 6) is 0.281. The van der Waals surface area contributed by atoms with E-state index in [1.54, 1.807) is 18.5 Å². The first-order chi connectivity index (χ1) is 20.0. The first-order valence-corrected chi connectivity index (χ1v) is 13.8. The lowest BCUT2D eigenvalue weighted by atomic mass is 9.95. The van der Waals surface area contributed by atoms with Crippen molar-refractivity contribution in [1.82, 2.24) is 9.55 Å². The van der Waals surface area contributed by atoms with Gasteiger partial charge in [-0.25, -0.2) is 19.0 Å². The maximum atomic E-state index is 13.2. The molecule has 1 aliphatic heterocycles. The summed E-state index contributed by atoms with van der Waals surface area (Å²) in [6.07, 6.45) is 5.32. The first-order valence-electron chi connectivity index (χ1n) is 13.8. The van der Waals surface area contributed by atoms with Crippen LogP contribution in [-0.2, 0) is 27.3 Å². The van der Waals surface area contributed by atoms with Crippen LogP contribution < -0.4 is 15.0 Å². The normalized spacial score (nSPS) is 14.4. The molecule has 8 nitrogen and oxygen atoms in total. The van der Waals surface area contributed by atoms with Crippen LogP contribution in [0.3, 0.4) is 0 Å². The van der Waals surface area contributed by atoms with E-state index in [-0.39, 0.29) is 17.6 Å². The van der Waals surface area contributed by atoms with Crippen molar-refractivity contribution < 1.29 is 28.8 Å². The summed E-state index contributed by atoms with van der Waals surface area (Å²) in [7, 11) is 1.34. The third-order valence-electron chi connectivity index (χ3n) is 7.32. The van der Waals surface area contributed by atoms with Crippen LogP contribution in [0.15, 0.2) is 91.4 Å². The first kappa shape index (κ1) is 28.0. The minimum Gasteiger partial charge on any atom is -0.465 e. The van der Waals surface area contributed by atoms with Gasteiger partial charge in [0, 0.05) is 37.6 Å². The van der Waals surface area contributed by atoms with E-state index in [9.17, 15) is 14.0 Å². The number of hydrogen-bond acceptors (Lipinski definition) is 6. The smallest absolute Gasteiger partial charge is 0.365 e. The highest BCUT2D eigenvalue weighted by molar-refractivity contribution is 5.78. The summed E-state index contributed by atoms with van der Waals surface area (Å²) in [6, 6.07) is 23.0. The number of methoxy groups -OCH3 is 1. The molecule has 1 aliphatic rings. The highest BCUT2D eigenvalue weighted by Crippen LogP contribution is 2.29. The van der Waals surface area contributed by atoms with Gasteiger partial charge in [0.15, 0.2) is 6.04 Å². The number of aromatic nitrogens is 2. The largest absolute Gasteiger partial charge is 0.465 e. The molecule has 4 aromatic rings. The molecule has 2 heterocycles. The number of piperidine rings is 1. The molecule has 1 aromatic heterocycles. The van der Waals surface area contributed by atoms with E-state index < -0.39 is 12.0 Å². The molecular formula is C32H34FN4O4+. The fourth-order valence-corrected chi connectivity index (χ4v) is 5.12. The van der Waals surface area contributed by atoms with Gasteiger partial charge in [0.2, 0.25) is 0 Å². The number of hydrogen-bond donors (Lipinski definition) is 1. The maximum Gasteiger partial charge on any atom is 0.365 e. The molecule has 0 radical (unpaired) electrons. The quantitative estimate of drug-likeness (QED) is 0.297. The number of nitrogens with two attached hydrogens (primary N) is 1. The lowest BCUT2D eigenvalue weighted by Crippen LogP contribution is -2.96. The van der Waals surface area contributed by atoms with Gasteiger partial charge in [-0.15, -0.1) is 0 Å². The molecule has 3 aromatic carbocycles. The van der Waals surface area contributed by atoms with Crippen LogP contribution in [0, 0.1) is 11.7 Å². The van der Waals surface area contributed by atoms with Gasteiger partial charge < -0.3 is 18.9 Å². The topological polar surface area (TPSA) is 90.3 Å². The number of carbonyl (C=O) groups is 2. The summed E-state index contributed by atoms with van der Waals surface area (Å²) < 4.78 is 26.1. The minimum atomic E-state index is -0.689. The van der Waals surface area contributed by atoms with Gasteiger partial charge in [0.25, 0.3) is 0 Å². The molecule has 1 atom stereocenters. The lowest BCUT2D eigenvalue weighted by Gasteiger charge is -2.32. The van der Waals surface area contributed by atoms with Crippen molar-refractivity contribution >= 4 is 17.6 Å². The van der Waals surface area contributed by atoms with Gasteiger partial charge in [-0.2, -0.15) is 0 Å². The monoisotopic (exact) mass is 557 g/mol. The summed E-state index contributed by atoms with van der Waals surface area (Å²) in [5, 5.41) is 1.53. The van der Waals surface area contributed by atoms with Crippen molar-refractivity contribution in [3.05, 3.63) is 108 Å². The Balaban J connectivity index is 1.15. The van der Waals surface area contributed by atoms with Crippen LogP contribution in [-0.4, -0.2) is 47.7 Å². The zero-order valence-electron chi connectivity index (χ0n) is 23.0. The second kappa shape index (κ2) is 13.2. The third-order valence-corrected chi connectivity index (χ3v) is 7.32. The average Bonchev–Trinajstić information content (AvgIpc) is 3.44. The zero-order chi connectivity index (χ0) is 28.6. The Kier molecular flexibility index (Phi) is 9.05. The molecule has 1 fully saturated rings. The molecule has 1 saturated heterocycles. The Morgan fingerprint density at radius 1 is 1.00 bits per heavy atom. The molecule has 1 amide bonds. The van der Waals surface area contributed by atoms with Crippen LogP contribution >= 0.6 is 0 Å². The van der Waals surface area contributed by atoms with Crippen molar-refractivity contribution in [2.45, 2.75) is 31.8 Å². The second-order valence-corrected chi connectivity index (χ2v) is 10.2. The second-order valence-electron chi connectivity index (χ2n) is 10.2. The number of primary amides is 1. The van der Waals surface area contributed by atoms with Gasteiger partial charge in [0.05, 0.1) is 31.5 Å². The number of rotatable bonds is 10. The van der Waals surface area contributed by atoms with Crippen LogP contribution in [0.1, 0.15) is 24.1 Å². The molecular weight excluding hydrogens is 523 g/mol. The fraction of sp³-hybridized carbons (Fsp3) is 0.281. The van der Waals surface area contributed by atoms with Crippen LogP contribution in [0.2, 0.25) is 0 Å². The van der Waals surface area contributed by atoms with E-state index in [0.717, 1.165) is 16.9 Å². The number of ether oxygens (including phenoxy) is 2. The molecule has 41 heavy (non-hydrogen) atoms. The van der Waals surface area contributed by atoms with Crippen molar-refractivity contribution in [2.75, 3.05) is 25.1 Å². The Morgan fingerprint density at radius 2 is 1.76 bits per heavy atom. The number of esters is 1. The maximum absolute atomic E-state index is 13.2. The predicted molar refractivity (Wildman–Crippen MR) is 152 cm³/mol. The molecule has 9 heteroatoms. The molecule has 0 saturated carbocycles. The molecule has 2 N–H and O–H groups in total. The number of imidazole rings is 1. The molecule has 0 spiro atoms. The van der Waals surface area contributed by atoms with Crippen molar-refractivity contribution in [3.63, 3.8) is 0 Å². The Labute approximate surface area is 238 Å². The number of quaternary nitrogens is 1. The van der Waals surface area contributed by atoms with E-state index in [4.69, 9.17) is 9.47 Å². The van der Waals surface area contributed by atoms with Crippen LogP contribution in [0.5, 0.6) is 11.5 Å². The highest BCUT2D eigenvalue weighted by atomic mass is 19.1. The number of anilines is 1. The highest BCUT2D eigenvalue weighted by Gasteiger charge is 2.33. The van der Waals surface area contributed by atoms with Gasteiger partial charge in [-0.05, 0) is 54.8 Å². The molecule has 0 unspecified atom stereocenters. The standard InChI is InChI=1S/C32H33FN4O4/c1-40-32(39)30(18-26-21-36(22-34-26)20-23-6-3-2-4-7-23)35-31(38)24-14-16-37(17-15-24)27-8-5-9-29(19-27)41-28-12-10-25(33)11-13-28/h2-13,19,21-22,24,30H,14-18,20H2,1H3,(H,35,38)/p+1/t30-/m0/s1. The van der Waals surface area contributed by atoms with E-state index in [2.05, 4.69) is 9.88 Å². The summed E-state index contributed by atoms with van der Waals surface area (Å²) in [6.45, 7) is 2.09. The number of halogens is 1. The average molecular weight is 558 g/mol. The van der Waals surface area contributed by atoms with Gasteiger partial charge in [-0.1, -0.05) is 36.4 Å². The minimum absolute atomic E-state index is 0.0304. The Bertz CT molecular complexity index is 1450.